The van der Waals surface area contributed by atoms with Crippen molar-refractivity contribution in [1.29, 1.82) is 0 Å². The quantitative estimate of drug-likeness (QED) is 0.775. The molecule has 0 aliphatic carbocycles. The van der Waals surface area contributed by atoms with Crippen LogP contribution in [0.25, 0.3) is 0 Å². The first-order chi connectivity index (χ1) is 9.16. The molecule has 4 heteroatoms. The summed E-state index contributed by atoms with van der Waals surface area (Å²) in [6, 6.07) is 5.91. The maximum atomic E-state index is 6.20. The highest BCUT2D eigenvalue weighted by molar-refractivity contribution is 6.35. The summed E-state index contributed by atoms with van der Waals surface area (Å²) >= 11 is 12.1. The minimum absolute atomic E-state index is 0.245. The number of hydrogen-bond acceptors (Lipinski definition) is 2. The second kappa shape index (κ2) is 7.49. The predicted octanol–water partition coefficient (Wildman–Crippen LogP) is 4.60. The summed E-state index contributed by atoms with van der Waals surface area (Å²) in [6.07, 6.45) is 5.21. The molecule has 19 heavy (non-hydrogen) atoms. The van der Waals surface area contributed by atoms with Gasteiger partial charge in [0.15, 0.2) is 0 Å². The number of ether oxygens (including phenoxy) is 1. The molecule has 0 bridgehead atoms. The van der Waals surface area contributed by atoms with Crippen molar-refractivity contribution < 1.29 is 4.74 Å². The Kier molecular flexibility index (Phi) is 5.96. The monoisotopic (exact) mass is 301 g/mol. The van der Waals surface area contributed by atoms with E-state index in [1.54, 1.807) is 6.07 Å². The van der Waals surface area contributed by atoms with E-state index < -0.39 is 0 Å². The molecule has 1 saturated heterocycles. The van der Waals surface area contributed by atoms with Crippen molar-refractivity contribution in [2.75, 3.05) is 13.2 Å². The van der Waals surface area contributed by atoms with Gasteiger partial charge in [0.1, 0.15) is 0 Å². The molecule has 1 aliphatic rings. The Bertz CT molecular complexity index is 405. The summed E-state index contributed by atoms with van der Waals surface area (Å²) < 4.78 is 5.61. The van der Waals surface area contributed by atoms with Crippen LogP contribution >= 0.6 is 23.2 Å². The van der Waals surface area contributed by atoms with Gasteiger partial charge in [-0.2, -0.15) is 0 Å². The van der Waals surface area contributed by atoms with Gasteiger partial charge in [-0.15, -0.1) is 0 Å². The van der Waals surface area contributed by atoms with Crippen LogP contribution in [0.5, 0.6) is 0 Å². The van der Waals surface area contributed by atoms with Gasteiger partial charge in [-0.25, -0.2) is 0 Å². The highest BCUT2D eigenvalue weighted by Crippen LogP contribution is 2.26. The highest BCUT2D eigenvalue weighted by Gasteiger charge is 2.15. The first kappa shape index (κ1) is 15.1. The van der Waals surface area contributed by atoms with Crippen LogP contribution in [-0.2, 0) is 4.74 Å². The maximum Gasteiger partial charge on any atom is 0.0576 e. The summed E-state index contributed by atoms with van der Waals surface area (Å²) in [5, 5.41) is 4.91. The van der Waals surface area contributed by atoms with Gasteiger partial charge in [0.2, 0.25) is 0 Å². The smallest absolute Gasteiger partial charge is 0.0576 e. The molecule has 0 saturated carbocycles. The van der Waals surface area contributed by atoms with E-state index in [2.05, 4.69) is 12.2 Å². The summed E-state index contributed by atoms with van der Waals surface area (Å²) in [6.45, 7) is 4.05. The van der Waals surface area contributed by atoms with Crippen LogP contribution in [0.1, 0.15) is 44.2 Å². The van der Waals surface area contributed by atoms with E-state index in [1.807, 2.05) is 12.1 Å². The molecule has 2 unspecified atom stereocenters. The lowest BCUT2D eigenvalue weighted by atomic mass is 10.1. The van der Waals surface area contributed by atoms with Crippen LogP contribution in [0.2, 0.25) is 10.0 Å². The molecule has 0 amide bonds. The fourth-order valence-corrected chi connectivity index (χ4v) is 3.06. The topological polar surface area (TPSA) is 21.3 Å². The minimum atomic E-state index is 0.245. The molecule has 106 valence electrons. The molecule has 1 heterocycles. The fraction of sp³-hybridized carbons (Fsp3) is 0.600. The lowest BCUT2D eigenvalue weighted by Gasteiger charge is -2.16. The molecule has 1 aromatic rings. The first-order valence-corrected chi connectivity index (χ1v) is 7.72. The van der Waals surface area contributed by atoms with Crippen molar-refractivity contribution in [3.63, 3.8) is 0 Å². The Morgan fingerprint density at radius 3 is 2.95 bits per heavy atom. The lowest BCUT2D eigenvalue weighted by Crippen LogP contribution is -2.21. The summed E-state index contributed by atoms with van der Waals surface area (Å²) in [5.74, 6) is 0. The molecule has 2 nitrogen and oxygen atoms in total. The Morgan fingerprint density at radius 2 is 2.26 bits per heavy atom. The zero-order chi connectivity index (χ0) is 13.7. The van der Waals surface area contributed by atoms with E-state index in [4.69, 9.17) is 27.9 Å². The van der Waals surface area contributed by atoms with Crippen molar-refractivity contribution in [3.8, 4) is 0 Å². The molecule has 1 aliphatic heterocycles. The van der Waals surface area contributed by atoms with Gasteiger partial charge in [-0.3, -0.25) is 0 Å². The van der Waals surface area contributed by atoms with Gasteiger partial charge in [0.25, 0.3) is 0 Å². The van der Waals surface area contributed by atoms with Crippen LogP contribution in [0, 0.1) is 0 Å². The van der Waals surface area contributed by atoms with E-state index in [1.165, 1.54) is 12.8 Å². The van der Waals surface area contributed by atoms with Crippen molar-refractivity contribution in [1.82, 2.24) is 5.32 Å². The van der Waals surface area contributed by atoms with Crippen LogP contribution in [-0.4, -0.2) is 19.3 Å². The SMILES string of the molecule is CC(NCCCC1CCCO1)c1ccc(Cl)cc1Cl. The molecule has 0 radical (unpaired) electrons. The van der Waals surface area contributed by atoms with Gasteiger partial charge in [0, 0.05) is 22.7 Å². The molecule has 1 N–H and O–H groups in total. The van der Waals surface area contributed by atoms with E-state index in [0.29, 0.717) is 11.1 Å². The van der Waals surface area contributed by atoms with Crippen LogP contribution in [0.4, 0.5) is 0 Å². The van der Waals surface area contributed by atoms with Crippen LogP contribution in [0.3, 0.4) is 0 Å². The third kappa shape index (κ3) is 4.64. The average molecular weight is 302 g/mol. The molecule has 1 fully saturated rings. The zero-order valence-corrected chi connectivity index (χ0v) is 12.8. The number of benzene rings is 1. The maximum absolute atomic E-state index is 6.20. The Balaban J connectivity index is 1.72. The third-order valence-electron chi connectivity index (χ3n) is 3.61. The second-order valence-corrected chi connectivity index (χ2v) is 5.96. The molecule has 0 spiro atoms. The van der Waals surface area contributed by atoms with Gasteiger partial charge in [-0.05, 0) is 56.8 Å². The molecular formula is C15H21Cl2NO. The Morgan fingerprint density at radius 1 is 1.42 bits per heavy atom. The van der Waals surface area contributed by atoms with Gasteiger partial charge >= 0.3 is 0 Å². The van der Waals surface area contributed by atoms with E-state index in [9.17, 15) is 0 Å². The Hall–Kier alpha value is -0.280. The predicted molar refractivity (Wildman–Crippen MR) is 81.1 cm³/mol. The minimum Gasteiger partial charge on any atom is -0.378 e. The fourth-order valence-electron chi connectivity index (χ4n) is 2.48. The van der Waals surface area contributed by atoms with Gasteiger partial charge in [-0.1, -0.05) is 29.3 Å². The largest absolute Gasteiger partial charge is 0.378 e. The summed E-state index contributed by atoms with van der Waals surface area (Å²) in [7, 11) is 0. The van der Waals surface area contributed by atoms with Crippen LogP contribution in [0.15, 0.2) is 18.2 Å². The van der Waals surface area contributed by atoms with Gasteiger partial charge in [0.05, 0.1) is 6.10 Å². The molecule has 0 aromatic heterocycles. The highest BCUT2D eigenvalue weighted by atomic mass is 35.5. The number of hydrogen-bond donors (Lipinski definition) is 1. The number of nitrogens with one attached hydrogen (secondary N) is 1. The summed E-state index contributed by atoms with van der Waals surface area (Å²) in [4.78, 5) is 0. The second-order valence-electron chi connectivity index (χ2n) is 5.12. The molecule has 2 atom stereocenters. The van der Waals surface area contributed by atoms with E-state index in [0.717, 1.165) is 36.6 Å². The summed E-state index contributed by atoms with van der Waals surface area (Å²) in [5.41, 5.74) is 1.10. The zero-order valence-electron chi connectivity index (χ0n) is 11.3. The normalized spacial score (nSPS) is 20.7. The Labute approximate surface area is 125 Å². The number of rotatable bonds is 6. The van der Waals surface area contributed by atoms with Gasteiger partial charge < -0.3 is 10.1 Å². The van der Waals surface area contributed by atoms with Crippen LogP contribution < -0.4 is 5.32 Å². The molecule has 2 rings (SSSR count). The molecular weight excluding hydrogens is 281 g/mol. The van der Waals surface area contributed by atoms with Crippen molar-refractivity contribution in [3.05, 3.63) is 33.8 Å². The number of halogens is 2. The van der Waals surface area contributed by atoms with E-state index >= 15 is 0 Å². The average Bonchev–Trinajstić information content (AvgIpc) is 2.87. The van der Waals surface area contributed by atoms with Crippen molar-refractivity contribution in [2.45, 2.75) is 44.8 Å². The standard InChI is InChI=1S/C15H21Cl2NO/c1-11(14-7-6-12(16)10-15(14)17)18-8-2-4-13-5-3-9-19-13/h6-7,10-11,13,18H,2-5,8-9H2,1H3. The van der Waals surface area contributed by atoms with E-state index in [-0.39, 0.29) is 6.04 Å². The third-order valence-corrected chi connectivity index (χ3v) is 4.17. The van der Waals surface area contributed by atoms with Crippen molar-refractivity contribution in [2.24, 2.45) is 0 Å². The molecule has 1 aromatic carbocycles. The first-order valence-electron chi connectivity index (χ1n) is 6.97. The van der Waals surface area contributed by atoms with Crippen molar-refractivity contribution >= 4 is 23.2 Å². The lowest BCUT2D eigenvalue weighted by molar-refractivity contribution is 0.102.